The molecule has 3 aromatic rings. The first-order chi connectivity index (χ1) is 15.6. The van der Waals surface area contributed by atoms with Crippen LogP contribution in [0.25, 0.3) is 0 Å². The molecule has 3 heterocycles. The van der Waals surface area contributed by atoms with Gasteiger partial charge in [-0.1, -0.05) is 36.4 Å². The van der Waals surface area contributed by atoms with E-state index in [0.29, 0.717) is 18.9 Å². The van der Waals surface area contributed by atoms with E-state index in [1.54, 1.807) is 11.0 Å². The molecule has 7 nitrogen and oxygen atoms in total. The van der Waals surface area contributed by atoms with Gasteiger partial charge in [-0.3, -0.25) is 14.3 Å². The van der Waals surface area contributed by atoms with E-state index in [-0.39, 0.29) is 17.9 Å². The summed E-state index contributed by atoms with van der Waals surface area (Å²) >= 11 is 1.48. The Kier molecular flexibility index (Phi) is 7.32. The Bertz CT molecular complexity index is 983. The SMILES string of the molecule is CN(C(=O)c1cccs1)[C@H](Cc1ccccc1)C1CCN(C(=O)CCn2cncn2)CC1. The van der Waals surface area contributed by atoms with E-state index in [1.165, 1.54) is 23.2 Å². The van der Waals surface area contributed by atoms with Crippen molar-refractivity contribution in [3.8, 4) is 0 Å². The molecule has 0 saturated carbocycles. The summed E-state index contributed by atoms with van der Waals surface area (Å²) in [5, 5.41) is 6.00. The average molecular weight is 452 g/mol. The maximum absolute atomic E-state index is 13.1. The Morgan fingerprint density at radius 2 is 1.94 bits per heavy atom. The third-order valence-electron chi connectivity index (χ3n) is 6.30. The topological polar surface area (TPSA) is 71.3 Å². The predicted octanol–water partition coefficient (Wildman–Crippen LogP) is 3.35. The van der Waals surface area contributed by atoms with E-state index in [1.807, 2.05) is 52.6 Å². The van der Waals surface area contributed by atoms with Gasteiger partial charge in [0.25, 0.3) is 5.91 Å². The zero-order valence-corrected chi connectivity index (χ0v) is 19.2. The van der Waals surface area contributed by atoms with E-state index in [4.69, 9.17) is 0 Å². The van der Waals surface area contributed by atoms with Crippen LogP contribution in [0.5, 0.6) is 0 Å². The predicted molar refractivity (Wildman–Crippen MR) is 124 cm³/mol. The summed E-state index contributed by atoms with van der Waals surface area (Å²) in [5.74, 6) is 0.581. The molecule has 0 radical (unpaired) electrons. The van der Waals surface area contributed by atoms with Crippen LogP contribution in [-0.4, -0.2) is 62.6 Å². The Labute approximate surface area is 192 Å². The van der Waals surface area contributed by atoms with Crippen molar-refractivity contribution in [2.75, 3.05) is 20.1 Å². The van der Waals surface area contributed by atoms with Crippen LogP contribution >= 0.6 is 11.3 Å². The van der Waals surface area contributed by atoms with Crippen LogP contribution in [-0.2, 0) is 17.8 Å². The van der Waals surface area contributed by atoms with E-state index in [2.05, 4.69) is 22.2 Å². The second-order valence-electron chi connectivity index (χ2n) is 8.28. The van der Waals surface area contributed by atoms with Crippen molar-refractivity contribution in [3.63, 3.8) is 0 Å². The van der Waals surface area contributed by atoms with Gasteiger partial charge in [0.05, 0.1) is 11.4 Å². The summed E-state index contributed by atoms with van der Waals surface area (Å²) in [6, 6.07) is 14.3. The lowest BCUT2D eigenvalue weighted by molar-refractivity contribution is -0.133. The molecule has 2 amide bonds. The minimum atomic E-state index is 0.0762. The van der Waals surface area contributed by atoms with E-state index in [9.17, 15) is 9.59 Å². The first kappa shape index (κ1) is 22.2. The molecule has 4 rings (SSSR count). The molecule has 0 bridgehead atoms. The summed E-state index contributed by atoms with van der Waals surface area (Å²) in [6.45, 7) is 2.01. The molecule has 1 fully saturated rings. The number of benzene rings is 1. The number of amides is 2. The molecule has 168 valence electrons. The van der Waals surface area contributed by atoms with Crippen molar-refractivity contribution in [1.82, 2.24) is 24.6 Å². The number of likely N-dealkylation sites (tertiary alicyclic amines) is 1. The molecule has 0 spiro atoms. The fourth-order valence-electron chi connectivity index (χ4n) is 4.45. The Morgan fingerprint density at radius 3 is 2.59 bits per heavy atom. The van der Waals surface area contributed by atoms with Crippen LogP contribution in [0.2, 0.25) is 0 Å². The molecule has 0 aliphatic carbocycles. The molecule has 32 heavy (non-hydrogen) atoms. The van der Waals surface area contributed by atoms with Crippen LogP contribution in [0, 0.1) is 5.92 Å². The number of aromatic nitrogens is 3. The molecule has 1 aliphatic rings. The van der Waals surface area contributed by atoms with Gasteiger partial charge in [0.2, 0.25) is 5.91 Å². The maximum atomic E-state index is 13.1. The van der Waals surface area contributed by atoms with Crippen molar-refractivity contribution < 1.29 is 9.59 Å². The molecule has 1 atom stereocenters. The average Bonchev–Trinajstić information content (AvgIpc) is 3.55. The van der Waals surface area contributed by atoms with E-state index in [0.717, 1.165) is 37.2 Å². The minimum Gasteiger partial charge on any atom is -0.343 e. The molecule has 8 heteroatoms. The number of hydrogen-bond acceptors (Lipinski definition) is 5. The fourth-order valence-corrected chi connectivity index (χ4v) is 5.16. The molecule has 1 aliphatic heterocycles. The highest BCUT2D eigenvalue weighted by atomic mass is 32.1. The van der Waals surface area contributed by atoms with Gasteiger partial charge in [0.15, 0.2) is 0 Å². The van der Waals surface area contributed by atoms with Crippen molar-refractivity contribution >= 4 is 23.2 Å². The monoisotopic (exact) mass is 451 g/mol. The number of rotatable bonds is 8. The summed E-state index contributed by atoms with van der Waals surface area (Å²) in [6.07, 6.45) is 6.16. The molecule has 2 aromatic heterocycles. The van der Waals surface area contributed by atoms with Gasteiger partial charge in [-0.2, -0.15) is 5.10 Å². The second-order valence-corrected chi connectivity index (χ2v) is 9.22. The van der Waals surface area contributed by atoms with Gasteiger partial charge in [0.1, 0.15) is 12.7 Å². The summed E-state index contributed by atoms with van der Waals surface area (Å²) in [5.41, 5.74) is 1.23. The Hall–Kier alpha value is -3.00. The zero-order chi connectivity index (χ0) is 22.3. The van der Waals surface area contributed by atoms with Crippen LogP contribution in [0.3, 0.4) is 0 Å². The number of carbonyl (C=O) groups excluding carboxylic acids is 2. The van der Waals surface area contributed by atoms with Gasteiger partial charge in [-0.15, -0.1) is 11.3 Å². The molecular formula is C24H29N5O2S. The Balaban J connectivity index is 1.40. The second kappa shape index (κ2) is 10.5. The molecular weight excluding hydrogens is 422 g/mol. The lowest BCUT2D eigenvalue weighted by atomic mass is 9.84. The van der Waals surface area contributed by atoms with Gasteiger partial charge >= 0.3 is 0 Å². The first-order valence-corrected chi connectivity index (χ1v) is 11.9. The molecule has 0 N–H and O–H groups in total. The maximum Gasteiger partial charge on any atom is 0.263 e. The van der Waals surface area contributed by atoms with Crippen LogP contribution in [0.4, 0.5) is 0 Å². The number of carbonyl (C=O) groups is 2. The standard InChI is InChI=1S/C24H29N5O2S/c1-27(24(31)22-8-5-15-32-22)21(16-19-6-3-2-4-7-19)20-9-12-28(13-10-20)23(30)11-14-29-18-25-17-26-29/h2-8,15,17-18,20-21H,9-14,16H2,1H3/t21-/m1/s1. The zero-order valence-electron chi connectivity index (χ0n) is 18.3. The third-order valence-corrected chi connectivity index (χ3v) is 7.15. The van der Waals surface area contributed by atoms with E-state index >= 15 is 0 Å². The molecule has 1 aromatic carbocycles. The van der Waals surface area contributed by atoms with Crippen molar-refractivity contribution in [1.29, 1.82) is 0 Å². The fraction of sp³-hybridized carbons (Fsp3) is 0.417. The van der Waals surface area contributed by atoms with E-state index < -0.39 is 0 Å². The lowest BCUT2D eigenvalue weighted by Gasteiger charge is -2.40. The third kappa shape index (κ3) is 5.43. The van der Waals surface area contributed by atoms with Crippen molar-refractivity contribution in [2.45, 2.75) is 38.3 Å². The minimum absolute atomic E-state index is 0.0762. The molecule has 0 unspecified atom stereocenters. The lowest BCUT2D eigenvalue weighted by Crippen LogP contribution is -2.48. The highest BCUT2D eigenvalue weighted by Gasteiger charge is 2.33. The van der Waals surface area contributed by atoms with Crippen LogP contribution < -0.4 is 0 Å². The highest BCUT2D eigenvalue weighted by molar-refractivity contribution is 7.12. The van der Waals surface area contributed by atoms with Gasteiger partial charge in [-0.25, -0.2) is 4.98 Å². The largest absolute Gasteiger partial charge is 0.343 e. The number of likely N-dealkylation sites (N-methyl/N-ethyl adjacent to an activating group) is 1. The first-order valence-electron chi connectivity index (χ1n) is 11.1. The summed E-state index contributed by atoms with van der Waals surface area (Å²) in [7, 11) is 1.92. The van der Waals surface area contributed by atoms with Crippen LogP contribution in [0.15, 0.2) is 60.5 Å². The highest BCUT2D eigenvalue weighted by Crippen LogP contribution is 2.28. The summed E-state index contributed by atoms with van der Waals surface area (Å²) in [4.78, 5) is 34.3. The number of aryl methyl sites for hydroxylation is 1. The van der Waals surface area contributed by atoms with Gasteiger partial charge in [0, 0.05) is 32.6 Å². The smallest absolute Gasteiger partial charge is 0.263 e. The number of piperidine rings is 1. The number of hydrogen-bond donors (Lipinski definition) is 0. The van der Waals surface area contributed by atoms with Crippen LogP contribution in [0.1, 0.15) is 34.5 Å². The Morgan fingerprint density at radius 1 is 1.16 bits per heavy atom. The summed E-state index contributed by atoms with van der Waals surface area (Å²) < 4.78 is 1.69. The number of nitrogens with zero attached hydrogens (tertiary/aromatic N) is 5. The molecule has 1 saturated heterocycles. The van der Waals surface area contributed by atoms with Gasteiger partial charge in [-0.05, 0) is 42.2 Å². The number of thiophene rings is 1. The normalized spacial score (nSPS) is 15.5. The van der Waals surface area contributed by atoms with Crippen molar-refractivity contribution in [3.05, 3.63) is 70.9 Å². The quantitative estimate of drug-likeness (QED) is 0.527. The van der Waals surface area contributed by atoms with Crippen molar-refractivity contribution in [2.24, 2.45) is 5.92 Å². The van der Waals surface area contributed by atoms with Gasteiger partial charge < -0.3 is 9.80 Å².